The van der Waals surface area contributed by atoms with Crippen LogP contribution in [0.15, 0.2) is 65.4 Å². The highest BCUT2D eigenvalue weighted by atomic mass is 19.1. The molecule has 1 unspecified atom stereocenters. The van der Waals surface area contributed by atoms with E-state index >= 15 is 0 Å². The Morgan fingerprint density at radius 1 is 1.12 bits per heavy atom. The molecular weight excluding hydrogens is 307 g/mol. The number of carbonyl (C=O) groups is 1. The van der Waals surface area contributed by atoms with Crippen LogP contribution in [0.3, 0.4) is 0 Å². The molecule has 1 atom stereocenters. The van der Waals surface area contributed by atoms with Crippen LogP contribution in [0.25, 0.3) is 10.4 Å². The summed E-state index contributed by atoms with van der Waals surface area (Å²) in [5.74, 6) is -0.283. The molecule has 0 aromatic heterocycles. The smallest absolute Gasteiger partial charge is 0.158 e. The molecule has 0 fully saturated rings. The van der Waals surface area contributed by atoms with Crippen LogP contribution >= 0.6 is 0 Å². The van der Waals surface area contributed by atoms with Crippen molar-refractivity contribution in [2.24, 2.45) is 5.11 Å². The Morgan fingerprint density at radius 2 is 1.88 bits per heavy atom. The number of ketones is 1. The third kappa shape index (κ3) is 3.62. The molecule has 0 spiro atoms. The maximum absolute atomic E-state index is 13.1. The van der Waals surface area contributed by atoms with Gasteiger partial charge in [-0.25, -0.2) is 4.39 Å². The van der Waals surface area contributed by atoms with Crippen molar-refractivity contribution in [2.45, 2.75) is 18.8 Å². The van der Waals surface area contributed by atoms with Gasteiger partial charge in [-0.3, -0.25) is 4.79 Å². The summed E-state index contributed by atoms with van der Waals surface area (Å²) in [7, 11) is 0. The molecule has 0 heterocycles. The van der Waals surface area contributed by atoms with Gasteiger partial charge < -0.3 is 5.32 Å². The molecule has 0 aliphatic heterocycles. The van der Waals surface area contributed by atoms with Gasteiger partial charge in [-0.15, -0.1) is 0 Å². The Kier molecular flexibility index (Phi) is 4.59. The highest BCUT2D eigenvalue weighted by Gasteiger charge is 2.22. The van der Waals surface area contributed by atoms with Crippen LogP contribution < -0.4 is 5.32 Å². The molecule has 0 saturated carbocycles. The summed E-state index contributed by atoms with van der Waals surface area (Å²) in [6.45, 7) is 0. The highest BCUT2D eigenvalue weighted by molar-refractivity contribution is 5.92. The quantitative estimate of drug-likeness (QED) is 0.476. The Morgan fingerprint density at radius 3 is 2.62 bits per heavy atom. The van der Waals surface area contributed by atoms with Crippen molar-refractivity contribution in [3.8, 4) is 0 Å². The molecule has 2 aromatic rings. The minimum Gasteiger partial charge on any atom is -0.358 e. The third-order valence-electron chi connectivity index (χ3n) is 3.94. The number of benzene rings is 2. The molecule has 0 bridgehead atoms. The molecule has 0 amide bonds. The molecule has 120 valence electrons. The van der Waals surface area contributed by atoms with Gasteiger partial charge in [-0.1, -0.05) is 35.4 Å². The molecule has 2 aromatic carbocycles. The van der Waals surface area contributed by atoms with Gasteiger partial charge in [0, 0.05) is 28.8 Å². The summed E-state index contributed by atoms with van der Waals surface area (Å²) in [5, 5.41) is 6.82. The average molecular weight is 322 g/mol. The van der Waals surface area contributed by atoms with Crippen molar-refractivity contribution < 1.29 is 9.18 Å². The van der Waals surface area contributed by atoms with Crippen molar-refractivity contribution in [1.82, 2.24) is 0 Å². The SMILES string of the molecule is [N-]=[N+]=Nc1ccccc1NC1=CC(=O)CC(c2ccc(F)cc2)C1. The molecule has 24 heavy (non-hydrogen) atoms. The number of hydrogen-bond donors (Lipinski definition) is 1. The zero-order valence-electron chi connectivity index (χ0n) is 12.8. The van der Waals surface area contributed by atoms with E-state index in [1.165, 1.54) is 12.1 Å². The first-order valence-corrected chi connectivity index (χ1v) is 7.56. The number of para-hydroxylation sites is 1. The lowest BCUT2D eigenvalue weighted by Gasteiger charge is -2.24. The number of halogens is 1. The highest BCUT2D eigenvalue weighted by Crippen LogP contribution is 2.34. The van der Waals surface area contributed by atoms with Crippen molar-refractivity contribution in [2.75, 3.05) is 5.32 Å². The fourth-order valence-electron chi connectivity index (χ4n) is 2.84. The summed E-state index contributed by atoms with van der Waals surface area (Å²) in [5.41, 5.74) is 11.4. The molecular formula is C18H15FN4O. The second kappa shape index (κ2) is 6.98. The topological polar surface area (TPSA) is 77.9 Å². The van der Waals surface area contributed by atoms with E-state index in [1.807, 2.05) is 6.07 Å². The van der Waals surface area contributed by atoms with Gasteiger partial charge >= 0.3 is 0 Å². The summed E-state index contributed by atoms with van der Waals surface area (Å²) in [4.78, 5) is 14.9. The van der Waals surface area contributed by atoms with E-state index in [2.05, 4.69) is 15.3 Å². The van der Waals surface area contributed by atoms with Crippen molar-refractivity contribution in [3.05, 3.63) is 82.1 Å². The zero-order valence-corrected chi connectivity index (χ0v) is 12.8. The van der Waals surface area contributed by atoms with Crippen molar-refractivity contribution in [1.29, 1.82) is 0 Å². The van der Waals surface area contributed by atoms with E-state index in [9.17, 15) is 9.18 Å². The van der Waals surface area contributed by atoms with Crippen molar-refractivity contribution >= 4 is 17.2 Å². The predicted molar refractivity (Wildman–Crippen MR) is 90.3 cm³/mol. The molecule has 1 N–H and O–H groups in total. The van der Waals surface area contributed by atoms with E-state index in [0.29, 0.717) is 24.2 Å². The van der Waals surface area contributed by atoms with Gasteiger partial charge in [0.2, 0.25) is 0 Å². The molecule has 0 saturated heterocycles. The summed E-state index contributed by atoms with van der Waals surface area (Å²) in [6.07, 6.45) is 2.60. The van der Waals surface area contributed by atoms with E-state index < -0.39 is 0 Å². The second-order valence-electron chi connectivity index (χ2n) is 5.62. The van der Waals surface area contributed by atoms with E-state index in [1.54, 1.807) is 36.4 Å². The number of azide groups is 1. The van der Waals surface area contributed by atoms with Crippen LogP contribution in [0.1, 0.15) is 24.3 Å². The lowest BCUT2D eigenvalue weighted by molar-refractivity contribution is -0.115. The number of anilines is 1. The van der Waals surface area contributed by atoms with Crippen molar-refractivity contribution in [3.63, 3.8) is 0 Å². The number of carbonyl (C=O) groups excluding carboxylic acids is 1. The Balaban J connectivity index is 1.82. The van der Waals surface area contributed by atoms with Crippen LogP contribution in [0.5, 0.6) is 0 Å². The molecule has 0 radical (unpaired) electrons. The fraction of sp³-hybridized carbons (Fsp3) is 0.167. The third-order valence-corrected chi connectivity index (χ3v) is 3.94. The number of rotatable bonds is 4. The van der Waals surface area contributed by atoms with Crippen LogP contribution in [0.4, 0.5) is 15.8 Å². The monoisotopic (exact) mass is 322 g/mol. The maximum atomic E-state index is 13.1. The lowest BCUT2D eigenvalue weighted by atomic mass is 9.85. The van der Waals surface area contributed by atoms with Gasteiger partial charge in [0.05, 0.1) is 5.69 Å². The fourth-order valence-corrected chi connectivity index (χ4v) is 2.84. The Hall–Kier alpha value is -3.11. The minimum absolute atomic E-state index is 0.00256. The van der Waals surface area contributed by atoms with Gasteiger partial charge in [0.1, 0.15) is 5.82 Å². The van der Waals surface area contributed by atoms with Gasteiger partial charge in [0.15, 0.2) is 5.78 Å². The number of nitrogens with one attached hydrogen (secondary N) is 1. The maximum Gasteiger partial charge on any atom is 0.158 e. The second-order valence-corrected chi connectivity index (χ2v) is 5.62. The van der Waals surface area contributed by atoms with Crippen LogP contribution in [-0.2, 0) is 4.79 Å². The molecule has 3 rings (SSSR count). The first-order valence-electron chi connectivity index (χ1n) is 7.56. The zero-order chi connectivity index (χ0) is 16.9. The minimum atomic E-state index is -0.293. The van der Waals surface area contributed by atoms with Crippen LogP contribution in [0, 0.1) is 5.82 Å². The summed E-state index contributed by atoms with van der Waals surface area (Å²) >= 11 is 0. The van der Waals surface area contributed by atoms with E-state index in [-0.39, 0.29) is 17.5 Å². The molecule has 5 nitrogen and oxygen atoms in total. The molecule has 1 aliphatic carbocycles. The summed E-state index contributed by atoms with van der Waals surface area (Å²) in [6, 6.07) is 13.3. The van der Waals surface area contributed by atoms with E-state index in [0.717, 1.165) is 11.3 Å². The lowest BCUT2D eigenvalue weighted by Crippen LogP contribution is -2.16. The standard InChI is InChI=1S/C18H15FN4O/c19-14-7-5-12(6-8-14)13-9-15(11-16(24)10-13)21-17-3-1-2-4-18(17)22-23-20/h1-8,11,13,21H,9-10H2. The molecule has 6 heteroatoms. The van der Waals surface area contributed by atoms with Gasteiger partial charge in [-0.2, -0.15) is 0 Å². The van der Waals surface area contributed by atoms with Gasteiger partial charge in [-0.05, 0) is 41.6 Å². The first kappa shape index (κ1) is 15.8. The number of allylic oxidation sites excluding steroid dienone is 2. The Labute approximate surface area is 138 Å². The Bertz CT molecular complexity index is 838. The van der Waals surface area contributed by atoms with Crippen LogP contribution in [0.2, 0.25) is 0 Å². The normalized spacial score (nSPS) is 17.0. The summed E-state index contributed by atoms with van der Waals surface area (Å²) < 4.78 is 13.1. The first-order chi connectivity index (χ1) is 11.7. The predicted octanol–water partition coefficient (Wildman–Crippen LogP) is 5.21. The van der Waals surface area contributed by atoms with Crippen LogP contribution in [-0.4, -0.2) is 5.78 Å². The van der Waals surface area contributed by atoms with E-state index in [4.69, 9.17) is 5.53 Å². The number of hydrogen-bond acceptors (Lipinski definition) is 3. The van der Waals surface area contributed by atoms with Gasteiger partial charge in [0.25, 0.3) is 0 Å². The largest absolute Gasteiger partial charge is 0.358 e. The average Bonchev–Trinajstić information content (AvgIpc) is 2.57. The molecule has 1 aliphatic rings. The number of nitrogens with zero attached hydrogens (tertiary/aromatic N) is 3.